The van der Waals surface area contributed by atoms with Gasteiger partial charge in [-0.1, -0.05) is 42.5 Å². The minimum atomic E-state index is -0.123. The van der Waals surface area contributed by atoms with E-state index in [1.807, 2.05) is 62.4 Å². The first-order valence-electron chi connectivity index (χ1n) is 10.7. The fourth-order valence-electron chi connectivity index (χ4n) is 3.71. The molecule has 2 heterocycles. The summed E-state index contributed by atoms with van der Waals surface area (Å²) in [4.78, 5) is 16.2. The van der Waals surface area contributed by atoms with E-state index in [9.17, 15) is 4.79 Å². The predicted molar refractivity (Wildman–Crippen MR) is 126 cm³/mol. The van der Waals surface area contributed by atoms with Crippen molar-refractivity contribution in [3.63, 3.8) is 0 Å². The molecular formula is C25H28N2O3S. The summed E-state index contributed by atoms with van der Waals surface area (Å²) >= 11 is 1.55. The van der Waals surface area contributed by atoms with E-state index >= 15 is 0 Å². The summed E-state index contributed by atoms with van der Waals surface area (Å²) in [5, 5.41) is 4.28. The Morgan fingerprint density at radius 2 is 1.90 bits per heavy atom. The smallest absolute Gasteiger partial charge is 0.261 e. The number of hydrogen-bond donors (Lipinski definition) is 1. The maximum atomic E-state index is 13.1. The molecule has 1 saturated heterocycles. The topological polar surface area (TPSA) is 50.8 Å². The highest BCUT2D eigenvalue weighted by molar-refractivity contribution is 7.18. The second-order valence-electron chi connectivity index (χ2n) is 7.50. The number of rotatable bonds is 7. The Morgan fingerprint density at radius 1 is 1.13 bits per heavy atom. The number of benzene rings is 2. The lowest BCUT2D eigenvalue weighted by molar-refractivity contribution is 0.0944. The fourth-order valence-corrected chi connectivity index (χ4v) is 4.85. The van der Waals surface area contributed by atoms with Crippen molar-refractivity contribution in [2.75, 3.05) is 37.8 Å². The number of carbonyl (C=O) groups is 1. The summed E-state index contributed by atoms with van der Waals surface area (Å²) in [6.45, 7) is 7.67. The molecule has 1 atom stereocenters. The van der Waals surface area contributed by atoms with Gasteiger partial charge >= 0.3 is 0 Å². The zero-order valence-electron chi connectivity index (χ0n) is 18.0. The van der Waals surface area contributed by atoms with E-state index in [-0.39, 0.29) is 11.9 Å². The van der Waals surface area contributed by atoms with Crippen LogP contribution in [0.5, 0.6) is 5.75 Å². The van der Waals surface area contributed by atoms with Crippen molar-refractivity contribution in [2.24, 2.45) is 0 Å². The van der Waals surface area contributed by atoms with Crippen LogP contribution >= 0.6 is 11.3 Å². The molecule has 6 heteroatoms. The zero-order valence-corrected chi connectivity index (χ0v) is 18.8. The van der Waals surface area contributed by atoms with Crippen LogP contribution in [-0.2, 0) is 4.74 Å². The van der Waals surface area contributed by atoms with E-state index < -0.39 is 0 Å². The molecule has 0 spiro atoms. The Kier molecular flexibility index (Phi) is 6.89. The van der Waals surface area contributed by atoms with Crippen LogP contribution in [0, 0.1) is 0 Å². The second kappa shape index (κ2) is 9.98. The van der Waals surface area contributed by atoms with Crippen molar-refractivity contribution in [3.8, 4) is 16.9 Å². The maximum absolute atomic E-state index is 13.1. The summed E-state index contributed by atoms with van der Waals surface area (Å²) in [6, 6.07) is 20.0. The Hall–Kier alpha value is -2.83. The summed E-state index contributed by atoms with van der Waals surface area (Å²) in [5.41, 5.74) is 3.24. The molecule has 1 unspecified atom stereocenters. The summed E-state index contributed by atoms with van der Waals surface area (Å²) in [5.74, 6) is 0.759. The third kappa shape index (κ3) is 5.09. The summed E-state index contributed by atoms with van der Waals surface area (Å²) in [7, 11) is 0. The van der Waals surface area contributed by atoms with Gasteiger partial charge in [-0.2, -0.15) is 0 Å². The van der Waals surface area contributed by atoms with E-state index in [1.54, 1.807) is 11.3 Å². The number of hydrogen-bond acceptors (Lipinski definition) is 5. The minimum Gasteiger partial charge on any atom is -0.494 e. The first-order chi connectivity index (χ1) is 15.2. The molecule has 4 rings (SSSR count). The van der Waals surface area contributed by atoms with Crippen molar-refractivity contribution >= 4 is 22.2 Å². The van der Waals surface area contributed by atoms with Gasteiger partial charge in [0, 0.05) is 18.7 Å². The molecule has 0 bridgehead atoms. The predicted octanol–water partition coefficient (Wildman–Crippen LogP) is 5.14. The molecule has 0 radical (unpaired) electrons. The molecule has 1 aliphatic heterocycles. The van der Waals surface area contributed by atoms with E-state index in [0.29, 0.717) is 24.7 Å². The number of morpholine rings is 1. The number of thiophene rings is 1. The number of nitrogens with one attached hydrogen (secondary N) is 1. The fraction of sp³-hybridized carbons (Fsp3) is 0.320. The third-order valence-electron chi connectivity index (χ3n) is 5.34. The molecule has 1 fully saturated rings. The minimum absolute atomic E-state index is 0.0593. The van der Waals surface area contributed by atoms with Crippen LogP contribution in [0.25, 0.3) is 11.1 Å². The van der Waals surface area contributed by atoms with Crippen molar-refractivity contribution < 1.29 is 14.3 Å². The first kappa shape index (κ1) is 21.4. The SMILES string of the molecule is CCOc1cccc(C(C)NC(=O)c2cc(-c3ccccc3)c(N3CCOCC3)s2)c1. The van der Waals surface area contributed by atoms with Crippen LogP contribution in [0.15, 0.2) is 60.7 Å². The van der Waals surface area contributed by atoms with E-state index in [2.05, 4.69) is 22.3 Å². The summed E-state index contributed by atoms with van der Waals surface area (Å²) < 4.78 is 11.1. The highest BCUT2D eigenvalue weighted by Crippen LogP contribution is 2.39. The zero-order chi connectivity index (χ0) is 21.6. The average molecular weight is 437 g/mol. The van der Waals surface area contributed by atoms with E-state index in [0.717, 1.165) is 40.5 Å². The van der Waals surface area contributed by atoms with Crippen LogP contribution < -0.4 is 15.0 Å². The Labute approximate surface area is 187 Å². The summed E-state index contributed by atoms with van der Waals surface area (Å²) in [6.07, 6.45) is 0. The van der Waals surface area contributed by atoms with Gasteiger partial charge in [0.15, 0.2) is 0 Å². The quantitative estimate of drug-likeness (QED) is 0.557. The molecule has 31 heavy (non-hydrogen) atoms. The number of anilines is 1. The van der Waals surface area contributed by atoms with Crippen LogP contribution in [0.4, 0.5) is 5.00 Å². The van der Waals surface area contributed by atoms with Crippen molar-refractivity contribution in [1.29, 1.82) is 0 Å². The van der Waals surface area contributed by atoms with Crippen molar-refractivity contribution in [2.45, 2.75) is 19.9 Å². The number of nitrogens with zero attached hydrogens (tertiary/aromatic N) is 1. The Morgan fingerprint density at radius 3 is 2.65 bits per heavy atom. The Balaban J connectivity index is 1.58. The van der Waals surface area contributed by atoms with Crippen molar-refractivity contribution in [1.82, 2.24) is 5.32 Å². The normalized spacial score (nSPS) is 14.8. The lowest BCUT2D eigenvalue weighted by atomic mass is 10.1. The number of amides is 1. The van der Waals surface area contributed by atoms with E-state index in [4.69, 9.17) is 9.47 Å². The lowest BCUT2D eigenvalue weighted by Gasteiger charge is -2.28. The molecule has 1 amide bonds. The molecule has 5 nitrogen and oxygen atoms in total. The number of carbonyl (C=O) groups excluding carboxylic acids is 1. The van der Waals surface area contributed by atoms with Gasteiger partial charge in [0.05, 0.1) is 35.7 Å². The van der Waals surface area contributed by atoms with Crippen molar-refractivity contribution in [3.05, 3.63) is 71.1 Å². The molecule has 162 valence electrons. The maximum Gasteiger partial charge on any atom is 0.261 e. The molecule has 1 N–H and O–H groups in total. The number of ether oxygens (including phenoxy) is 2. The molecule has 1 aromatic heterocycles. The van der Waals surface area contributed by atoms with Crippen LogP contribution in [-0.4, -0.2) is 38.8 Å². The third-order valence-corrected chi connectivity index (χ3v) is 6.53. The van der Waals surface area contributed by atoms with Crippen LogP contribution in [0.1, 0.15) is 35.1 Å². The molecule has 1 aliphatic rings. The molecule has 0 saturated carbocycles. The van der Waals surface area contributed by atoms with Gasteiger partial charge in [0.2, 0.25) is 0 Å². The molecular weight excluding hydrogens is 408 g/mol. The van der Waals surface area contributed by atoms with Gasteiger partial charge in [0.25, 0.3) is 5.91 Å². The molecule has 3 aromatic rings. The largest absolute Gasteiger partial charge is 0.494 e. The van der Waals surface area contributed by atoms with Gasteiger partial charge in [0.1, 0.15) is 5.75 Å². The first-order valence-corrected chi connectivity index (χ1v) is 11.5. The van der Waals surface area contributed by atoms with Gasteiger partial charge in [-0.25, -0.2) is 0 Å². The molecule has 2 aromatic carbocycles. The van der Waals surface area contributed by atoms with Crippen LogP contribution in [0.3, 0.4) is 0 Å². The van der Waals surface area contributed by atoms with Crippen LogP contribution in [0.2, 0.25) is 0 Å². The highest BCUT2D eigenvalue weighted by Gasteiger charge is 2.22. The standard InChI is InChI=1S/C25H28N2O3S/c1-3-30-21-11-7-10-20(16-21)18(2)26-24(28)23-17-22(19-8-5-4-6-9-19)25(31-23)27-12-14-29-15-13-27/h4-11,16-18H,3,12-15H2,1-2H3,(H,26,28). The monoisotopic (exact) mass is 436 g/mol. The molecule has 0 aliphatic carbocycles. The van der Waals surface area contributed by atoms with Gasteiger partial charge in [-0.05, 0) is 43.2 Å². The second-order valence-corrected chi connectivity index (χ2v) is 8.53. The van der Waals surface area contributed by atoms with Gasteiger partial charge in [-0.15, -0.1) is 11.3 Å². The van der Waals surface area contributed by atoms with Gasteiger partial charge < -0.3 is 19.7 Å². The van der Waals surface area contributed by atoms with Gasteiger partial charge in [-0.3, -0.25) is 4.79 Å². The lowest BCUT2D eigenvalue weighted by Crippen LogP contribution is -2.35. The highest BCUT2D eigenvalue weighted by atomic mass is 32.1. The van der Waals surface area contributed by atoms with E-state index in [1.165, 1.54) is 0 Å². The average Bonchev–Trinajstić information content (AvgIpc) is 3.26. The Bertz CT molecular complexity index is 1010.